The monoisotopic (exact) mass is 163 g/mol. The van der Waals surface area contributed by atoms with Crippen molar-refractivity contribution < 1.29 is 0 Å². The van der Waals surface area contributed by atoms with E-state index in [1.165, 1.54) is 0 Å². The highest BCUT2D eigenvalue weighted by Gasteiger charge is 2.05. The van der Waals surface area contributed by atoms with Crippen LogP contribution in [0.1, 0.15) is 0 Å². The molecule has 0 amide bonds. The molecule has 2 heterocycles. The number of imidazole rings is 1. The first-order valence-electron chi connectivity index (χ1n) is 3.67. The van der Waals surface area contributed by atoms with Gasteiger partial charge in [-0.05, 0) is 6.07 Å². The van der Waals surface area contributed by atoms with Gasteiger partial charge in [0.25, 0.3) is 0 Å². The largest absolute Gasteiger partial charge is 0.328 e. The molecular formula is C8H9N3O. The Morgan fingerprint density at radius 2 is 1.92 bits per heavy atom. The van der Waals surface area contributed by atoms with Crippen molar-refractivity contribution in [3.8, 4) is 0 Å². The summed E-state index contributed by atoms with van der Waals surface area (Å²) in [5, 5.41) is 0. The fourth-order valence-corrected chi connectivity index (χ4v) is 1.35. The van der Waals surface area contributed by atoms with Crippen molar-refractivity contribution in [3.63, 3.8) is 0 Å². The van der Waals surface area contributed by atoms with Crippen LogP contribution in [0.5, 0.6) is 0 Å². The number of fused-ring (bicyclic) bond motifs is 1. The number of pyridine rings is 1. The highest BCUT2D eigenvalue weighted by Crippen LogP contribution is 2.07. The molecule has 0 saturated heterocycles. The van der Waals surface area contributed by atoms with Gasteiger partial charge < -0.3 is 0 Å². The lowest BCUT2D eigenvalue weighted by Gasteiger charge is -1.90. The van der Waals surface area contributed by atoms with Gasteiger partial charge in [-0.1, -0.05) is 0 Å². The van der Waals surface area contributed by atoms with Crippen LogP contribution < -0.4 is 5.69 Å². The number of nitrogens with zero attached hydrogens (tertiary/aromatic N) is 3. The van der Waals surface area contributed by atoms with E-state index in [1.54, 1.807) is 35.6 Å². The zero-order chi connectivity index (χ0) is 8.72. The second-order valence-electron chi connectivity index (χ2n) is 2.76. The first-order valence-corrected chi connectivity index (χ1v) is 3.67. The van der Waals surface area contributed by atoms with Crippen LogP contribution in [-0.2, 0) is 14.1 Å². The molecule has 0 saturated carbocycles. The summed E-state index contributed by atoms with van der Waals surface area (Å²) in [5.74, 6) is 0. The molecular weight excluding hydrogens is 154 g/mol. The molecule has 62 valence electrons. The first kappa shape index (κ1) is 7.09. The average Bonchev–Trinajstić information content (AvgIpc) is 2.33. The number of rotatable bonds is 0. The maximum absolute atomic E-state index is 11.4. The Kier molecular flexibility index (Phi) is 1.30. The lowest BCUT2D eigenvalue weighted by atomic mass is 10.4. The van der Waals surface area contributed by atoms with Crippen LogP contribution >= 0.6 is 0 Å². The second kappa shape index (κ2) is 2.20. The number of aromatic nitrogens is 3. The minimum Gasteiger partial charge on any atom is -0.295 e. The lowest BCUT2D eigenvalue weighted by Crippen LogP contribution is -2.19. The first-order chi connectivity index (χ1) is 5.72. The van der Waals surface area contributed by atoms with Crippen molar-refractivity contribution in [2.24, 2.45) is 14.1 Å². The summed E-state index contributed by atoms with van der Waals surface area (Å²) < 4.78 is 3.19. The Morgan fingerprint density at radius 1 is 1.25 bits per heavy atom. The van der Waals surface area contributed by atoms with E-state index in [4.69, 9.17) is 0 Å². The molecule has 0 atom stereocenters. The van der Waals surface area contributed by atoms with Crippen molar-refractivity contribution in [1.29, 1.82) is 0 Å². The molecule has 2 rings (SSSR count). The van der Waals surface area contributed by atoms with E-state index in [1.807, 2.05) is 6.07 Å². The zero-order valence-electron chi connectivity index (χ0n) is 6.98. The molecule has 0 radical (unpaired) electrons. The van der Waals surface area contributed by atoms with Gasteiger partial charge in [-0.25, -0.2) is 4.79 Å². The van der Waals surface area contributed by atoms with Crippen molar-refractivity contribution in [2.75, 3.05) is 0 Å². The van der Waals surface area contributed by atoms with Crippen LogP contribution in [0.3, 0.4) is 0 Å². The fourth-order valence-electron chi connectivity index (χ4n) is 1.35. The van der Waals surface area contributed by atoms with E-state index in [2.05, 4.69) is 4.98 Å². The van der Waals surface area contributed by atoms with Crippen LogP contribution in [0.4, 0.5) is 0 Å². The Hall–Kier alpha value is -1.58. The van der Waals surface area contributed by atoms with Gasteiger partial charge >= 0.3 is 5.69 Å². The minimum absolute atomic E-state index is 0.0157. The third kappa shape index (κ3) is 0.717. The summed E-state index contributed by atoms with van der Waals surface area (Å²) in [6, 6.07) is 1.83. The molecule has 0 aliphatic rings. The van der Waals surface area contributed by atoms with Crippen LogP contribution in [0, 0.1) is 0 Å². The summed E-state index contributed by atoms with van der Waals surface area (Å²) in [6.45, 7) is 0. The maximum atomic E-state index is 11.4. The number of hydrogen-bond donors (Lipinski definition) is 0. The van der Waals surface area contributed by atoms with Crippen LogP contribution in [0.25, 0.3) is 11.0 Å². The topological polar surface area (TPSA) is 39.8 Å². The Bertz CT molecular complexity index is 438. The van der Waals surface area contributed by atoms with E-state index >= 15 is 0 Å². The van der Waals surface area contributed by atoms with Gasteiger partial charge in [-0.3, -0.25) is 14.1 Å². The molecule has 4 nitrogen and oxygen atoms in total. The Labute approximate surface area is 69.1 Å². The molecule has 0 unspecified atom stereocenters. The highest BCUT2D eigenvalue weighted by atomic mass is 16.1. The third-order valence-corrected chi connectivity index (χ3v) is 2.07. The smallest absolute Gasteiger partial charge is 0.295 e. The molecule has 12 heavy (non-hydrogen) atoms. The Balaban J connectivity index is 3.09. The summed E-state index contributed by atoms with van der Waals surface area (Å²) >= 11 is 0. The van der Waals surface area contributed by atoms with E-state index < -0.39 is 0 Å². The standard InChI is InChI=1S/C8H9N3O/c1-10-6-3-4-9-5-7(6)11(2)8(10)12/h3-5H,1-2H3. The molecule has 0 spiro atoms. The zero-order valence-corrected chi connectivity index (χ0v) is 6.98. The van der Waals surface area contributed by atoms with Gasteiger partial charge in [-0.15, -0.1) is 0 Å². The molecule has 0 fully saturated rings. The molecule has 0 bridgehead atoms. The van der Waals surface area contributed by atoms with Gasteiger partial charge in [0.1, 0.15) is 0 Å². The molecule has 2 aromatic heterocycles. The number of hydrogen-bond acceptors (Lipinski definition) is 2. The molecule has 2 aromatic rings. The van der Waals surface area contributed by atoms with Crippen molar-refractivity contribution in [2.45, 2.75) is 0 Å². The fraction of sp³-hybridized carbons (Fsp3) is 0.250. The van der Waals surface area contributed by atoms with Gasteiger partial charge in [-0.2, -0.15) is 0 Å². The minimum atomic E-state index is -0.0157. The van der Waals surface area contributed by atoms with E-state index in [9.17, 15) is 4.79 Å². The summed E-state index contributed by atoms with van der Waals surface area (Å²) in [5.41, 5.74) is 1.76. The molecule has 0 aliphatic carbocycles. The molecule has 0 aliphatic heterocycles. The summed E-state index contributed by atoms with van der Waals surface area (Å²) in [4.78, 5) is 15.3. The Morgan fingerprint density at radius 3 is 2.58 bits per heavy atom. The molecule has 0 N–H and O–H groups in total. The predicted octanol–water partition coefficient (Wildman–Crippen LogP) is 0.272. The maximum Gasteiger partial charge on any atom is 0.328 e. The number of aryl methyl sites for hydroxylation is 2. The van der Waals surface area contributed by atoms with Crippen molar-refractivity contribution in [1.82, 2.24) is 14.1 Å². The molecule has 0 aromatic carbocycles. The van der Waals surface area contributed by atoms with Crippen LogP contribution in [-0.4, -0.2) is 14.1 Å². The van der Waals surface area contributed by atoms with Crippen LogP contribution in [0.15, 0.2) is 23.3 Å². The summed E-state index contributed by atoms with van der Waals surface area (Å²) in [7, 11) is 3.50. The van der Waals surface area contributed by atoms with Gasteiger partial charge in [0.05, 0.1) is 17.2 Å². The van der Waals surface area contributed by atoms with Crippen molar-refractivity contribution >= 4 is 11.0 Å². The normalized spacial score (nSPS) is 10.8. The lowest BCUT2D eigenvalue weighted by molar-refractivity contribution is 0.795. The highest BCUT2D eigenvalue weighted by molar-refractivity contribution is 5.74. The van der Waals surface area contributed by atoms with Gasteiger partial charge in [0, 0.05) is 20.3 Å². The van der Waals surface area contributed by atoms with E-state index in [-0.39, 0.29) is 5.69 Å². The average molecular weight is 163 g/mol. The third-order valence-electron chi connectivity index (χ3n) is 2.07. The predicted molar refractivity (Wildman–Crippen MR) is 46.0 cm³/mol. The quantitative estimate of drug-likeness (QED) is 0.559. The van der Waals surface area contributed by atoms with Crippen molar-refractivity contribution in [3.05, 3.63) is 28.9 Å². The molecule has 4 heteroatoms. The van der Waals surface area contributed by atoms with E-state index in [0.29, 0.717) is 0 Å². The summed E-state index contributed by atoms with van der Waals surface area (Å²) in [6.07, 6.45) is 3.37. The van der Waals surface area contributed by atoms with Gasteiger partial charge in [0.2, 0.25) is 0 Å². The van der Waals surface area contributed by atoms with Gasteiger partial charge in [0.15, 0.2) is 0 Å². The SMILES string of the molecule is Cn1c(=O)n(C)c2cnccc21. The second-order valence-corrected chi connectivity index (χ2v) is 2.76. The van der Waals surface area contributed by atoms with Crippen LogP contribution in [0.2, 0.25) is 0 Å². The van der Waals surface area contributed by atoms with E-state index in [0.717, 1.165) is 11.0 Å².